The van der Waals surface area contributed by atoms with Crippen molar-refractivity contribution in [1.82, 2.24) is 15.2 Å². The van der Waals surface area contributed by atoms with Crippen LogP contribution in [0.25, 0.3) is 0 Å². The van der Waals surface area contributed by atoms with Crippen molar-refractivity contribution in [2.45, 2.75) is 25.8 Å². The molecule has 1 aliphatic heterocycles. The van der Waals surface area contributed by atoms with Gasteiger partial charge < -0.3 is 15.4 Å². The van der Waals surface area contributed by atoms with Crippen molar-refractivity contribution in [1.29, 1.82) is 0 Å². The third-order valence-corrected chi connectivity index (χ3v) is 3.62. The van der Waals surface area contributed by atoms with E-state index >= 15 is 0 Å². The maximum absolute atomic E-state index is 5.90. The van der Waals surface area contributed by atoms with E-state index in [0.717, 1.165) is 37.0 Å². The molecule has 0 saturated carbocycles. The van der Waals surface area contributed by atoms with Crippen molar-refractivity contribution in [3.63, 3.8) is 0 Å². The first-order chi connectivity index (χ1) is 10.2. The van der Waals surface area contributed by atoms with Crippen molar-refractivity contribution in [3.8, 4) is 5.75 Å². The molecule has 2 heterocycles. The molecule has 1 atom stereocenters. The molecule has 0 spiro atoms. The van der Waals surface area contributed by atoms with Gasteiger partial charge in [0.05, 0.1) is 6.61 Å². The van der Waals surface area contributed by atoms with Crippen LogP contribution in [0.3, 0.4) is 0 Å². The minimum atomic E-state index is 0.233. The zero-order valence-corrected chi connectivity index (χ0v) is 12.2. The summed E-state index contributed by atoms with van der Waals surface area (Å²) in [6.07, 6.45) is 1.71. The molecule has 3 rings (SSSR count). The Hall–Kier alpha value is -2.08. The first-order valence-corrected chi connectivity index (χ1v) is 7.32. The van der Waals surface area contributed by atoms with Crippen LogP contribution >= 0.6 is 0 Å². The molecular weight excluding hydrogens is 266 g/mol. The lowest BCUT2D eigenvalue weighted by Crippen LogP contribution is -2.27. The monoisotopic (exact) mass is 287 g/mol. The fourth-order valence-electron chi connectivity index (χ4n) is 2.48. The molecule has 0 amide bonds. The Morgan fingerprint density at radius 3 is 3.14 bits per heavy atom. The number of H-pyrrole nitrogens is 1. The Morgan fingerprint density at radius 2 is 2.38 bits per heavy atom. The van der Waals surface area contributed by atoms with Crippen LogP contribution in [0.2, 0.25) is 0 Å². The highest BCUT2D eigenvalue weighted by atomic mass is 16.5. The quantitative estimate of drug-likeness (QED) is 0.865. The van der Waals surface area contributed by atoms with Gasteiger partial charge in [-0.2, -0.15) is 4.98 Å². The maximum atomic E-state index is 5.90. The number of nitrogens with zero attached hydrogens (tertiary/aromatic N) is 3. The fourth-order valence-corrected chi connectivity index (χ4v) is 2.48. The van der Waals surface area contributed by atoms with Gasteiger partial charge in [-0.3, -0.25) is 5.10 Å². The minimum absolute atomic E-state index is 0.233. The third-order valence-electron chi connectivity index (χ3n) is 3.62. The van der Waals surface area contributed by atoms with Crippen LogP contribution in [0.4, 0.5) is 5.95 Å². The van der Waals surface area contributed by atoms with Gasteiger partial charge in [-0.25, -0.2) is 0 Å². The second-order valence-electron chi connectivity index (χ2n) is 5.49. The van der Waals surface area contributed by atoms with Gasteiger partial charge in [-0.15, -0.1) is 5.10 Å². The topological polar surface area (TPSA) is 80.1 Å². The summed E-state index contributed by atoms with van der Waals surface area (Å²) in [7, 11) is 0. The number of aromatic nitrogens is 3. The van der Waals surface area contributed by atoms with E-state index in [2.05, 4.69) is 33.1 Å². The van der Waals surface area contributed by atoms with Crippen LogP contribution < -0.4 is 15.4 Å². The summed E-state index contributed by atoms with van der Waals surface area (Å²) in [5.74, 6) is 2.48. The predicted octanol–water partition coefficient (Wildman–Crippen LogP) is 1.27. The summed E-state index contributed by atoms with van der Waals surface area (Å²) < 4.78 is 5.72. The molecule has 112 valence electrons. The number of hydrogen-bond donors (Lipinski definition) is 2. The molecule has 6 nitrogen and oxygen atoms in total. The highest BCUT2D eigenvalue weighted by Gasteiger charge is 2.22. The smallest absolute Gasteiger partial charge is 0.244 e. The summed E-state index contributed by atoms with van der Waals surface area (Å²) in [5, 5.41) is 7.22. The standard InChI is InChI=1S/C15H21N5O/c1-11-3-2-4-13(9-11)21-8-6-14-17-15(19-18-14)20-7-5-12(16)10-20/h2-4,9,12H,5-8,10,16H2,1H3,(H,17,18,19). The molecule has 0 radical (unpaired) electrons. The van der Waals surface area contributed by atoms with Crippen molar-refractivity contribution in [2.24, 2.45) is 5.73 Å². The maximum Gasteiger partial charge on any atom is 0.244 e. The van der Waals surface area contributed by atoms with Gasteiger partial charge in [0.1, 0.15) is 11.6 Å². The van der Waals surface area contributed by atoms with E-state index in [-0.39, 0.29) is 6.04 Å². The Morgan fingerprint density at radius 1 is 1.48 bits per heavy atom. The zero-order chi connectivity index (χ0) is 14.7. The average Bonchev–Trinajstić information content (AvgIpc) is 3.08. The molecule has 1 aromatic carbocycles. The first-order valence-electron chi connectivity index (χ1n) is 7.32. The summed E-state index contributed by atoms with van der Waals surface area (Å²) in [5.41, 5.74) is 7.09. The van der Waals surface area contributed by atoms with Crippen LogP contribution in [-0.4, -0.2) is 40.9 Å². The molecule has 1 saturated heterocycles. The van der Waals surface area contributed by atoms with Gasteiger partial charge in [0.25, 0.3) is 0 Å². The van der Waals surface area contributed by atoms with Crippen LogP contribution in [0.5, 0.6) is 5.75 Å². The van der Waals surface area contributed by atoms with Crippen LogP contribution in [0.15, 0.2) is 24.3 Å². The number of nitrogens with one attached hydrogen (secondary N) is 1. The Labute approximate surface area is 124 Å². The second-order valence-corrected chi connectivity index (χ2v) is 5.49. The zero-order valence-electron chi connectivity index (χ0n) is 12.2. The molecular formula is C15H21N5O. The highest BCUT2D eigenvalue weighted by molar-refractivity contribution is 5.31. The highest BCUT2D eigenvalue weighted by Crippen LogP contribution is 2.15. The van der Waals surface area contributed by atoms with E-state index in [9.17, 15) is 0 Å². The average molecular weight is 287 g/mol. The van der Waals surface area contributed by atoms with Crippen molar-refractivity contribution in [3.05, 3.63) is 35.7 Å². The number of aromatic amines is 1. The molecule has 21 heavy (non-hydrogen) atoms. The van der Waals surface area contributed by atoms with Gasteiger partial charge >= 0.3 is 0 Å². The first kappa shape index (κ1) is 13.9. The molecule has 6 heteroatoms. The fraction of sp³-hybridized carbons (Fsp3) is 0.467. The SMILES string of the molecule is Cc1cccc(OCCc2nc(N3CCC(N)C3)n[nH]2)c1. The Balaban J connectivity index is 1.51. The van der Waals surface area contributed by atoms with E-state index in [1.807, 2.05) is 18.2 Å². The molecule has 2 aromatic rings. The van der Waals surface area contributed by atoms with Crippen LogP contribution in [-0.2, 0) is 6.42 Å². The molecule has 0 aliphatic carbocycles. The molecule has 1 aliphatic rings. The third kappa shape index (κ3) is 3.52. The number of benzene rings is 1. The van der Waals surface area contributed by atoms with Gasteiger partial charge in [0.2, 0.25) is 5.95 Å². The number of hydrogen-bond acceptors (Lipinski definition) is 5. The number of aryl methyl sites for hydroxylation is 1. The summed E-state index contributed by atoms with van der Waals surface area (Å²) in [4.78, 5) is 6.62. The van der Waals surface area contributed by atoms with Crippen molar-refractivity contribution in [2.75, 3.05) is 24.6 Å². The molecule has 0 bridgehead atoms. The van der Waals surface area contributed by atoms with Gasteiger partial charge in [0.15, 0.2) is 0 Å². The minimum Gasteiger partial charge on any atom is -0.493 e. The summed E-state index contributed by atoms with van der Waals surface area (Å²) >= 11 is 0. The Bertz CT molecular complexity index is 597. The van der Waals surface area contributed by atoms with E-state index in [1.165, 1.54) is 5.56 Å². The Kier molecular flexibility index (Phi) is 4.06. The largest absolute Gasteiger partial charge is 0.493 e. The lowest BCUT2D eigenvalue weighted by molar-refractivity contribution is 0.319. The predicted molar refractivity (Wildman–Crippen MR) is 81.6 cm³/mol. The number of nitrogens with two attached hydrogens (primary N) is 1. The lowest BCUT2D eigenvalue weighted by Gasteiger charge is -2.11. The number of anilines is 1. The summed E-state index contributed by atoms with van der Waals surface area (Å²) in [6, 6.07) is 8.27. The van der Waals surface area contributed by atoms with E-state index in [4.69, 9.17) is 10.5 Å². The van der Waals surface area contributed by atoms with E-state index in [0.29, 0.717) is 13.0 Å². The lowest BCUT2D eigenvalue weighted by atomic mass is 10.2. The molecule has 1 fully saturated rings. The van der Waals surface area contributed by atoms with E-state index < -0.39 is 0 Å². The molecule has 1 unspecified atom stereocenters. The number of ether oxygens (including phenoxy) is 1. The van der Waals surface area contributed by atoms with Gasteiger partial charge in [-0.1, -0.05) is 12.1 Å². The van der Waals surface area contributed by atoms with E-state index in [1.54, 1.807) is 0 Å². The second kappa shape index (κ2) is 6.13. The number of rotatable bonds is 5. The van der Waals surface area contributed by atoms with Crippen molar-refractivity contribution >= 4 is 5.95 Å². The van der Waals surface area contributed by atoms with Crippen LogP contribution in [0, 0.1) is 6.92 Å². The normalized spacial score (nSPS) is 18.2. The summed E-state index contributed by atoms with van der Waals surface area (Å²) in [6.45, 7) is 4.39. The van der Waals surface area contributed by atoms with Gasteiger partial charge in [0, 0.05) is 25.6 Å². The van der Waals surface area contributed by atoms with Crippen molar-refractivity contribution < 1.29 is 4.74 Å². The van der Waals surface area contributed by atoms with Gasteiger partial charge in [-0.05, 0) is 31.0 Å². The molecule has 3 N–H and O–H groups in total. The molecule has 1 aromatic heterocycles. The van der Waals surface area contributed by atoms with Crippen LogP contribution in [0.1, 0.15) is 17.8 Å².